The molecule has 0 radical (unpaired) electrons. The van der Waals surface area contributed by atoms with E-state index >= 15 is 0 Å². The number of carbonyl (C=O) groups excluding carboxylic acids is 1. The maximum Gasteiger partial charge on any atom is 0.259 e. The van der Waals surface area contributed by atoms with Gasteiger partial charge in [0.25, 0.3) is 5.91 Å². The third kappa shape index (κ3) is 5.15. The van der Waals surface area contributed by atoms with Crippen molar-refractivity contribution in [2.75, 3.05) is 19.0 Å². The number of hydrogen-bond acceptors (Lipinski definition) is 4. The van der Waals surface area contributed by atoms with E-state index in [2.05, 4.69) is 21.8 Å². The number of amides is 1. The van der Waals surface area contributed by atoms with Crippen LogP contribution in [0.2, 0.25) is 0 Å². The monoisotopic (exact) mass is 412 g/mol. The topological polar surface area (TPSA) is 68.2 Å². The molecule has 2 fully saturated rings. The molecule has 27 heavy (non-hydrogen) atoms. The highest BCUT2D eigenvalue weighted by atomic mass is 35.5. The number of methoxy groups -OCH3 is 1. The maximum absolute atomic E-state index is 12.7. The van der Waals surface area contributed by atoms with E-state index < -0.39 is 0 Å². The minimum absolute atomic E-state index is 0. The number of aryl methyl sites for hydroxylation is 1. The third-order valence-electron chi connectivity index (χ3n) is 5.02. The van der Waals surface area contributed by atoms with Gasteiger partial charge in [0.1, 0.15) is 5.75 Å². The largest absolute Gasteiger partial charge is 0.496 e. The van der Waals surface area contributed by atoms with E-state index in [0.29, 0.717) is 29.0 Å². The van der Waals surface area contributed by atoms with Crippen molar-refractivity contribution in [3.05, 3.63) is 41.7 Å². The second kappa shape index (κ2) is 8.95. The molecule has 0 unspecified atom stereocenters. The van der Waals surface area contributed by atoms with Crippen LogP contribution in [0.15, 0.2) is 30.6 Å². The van der Waals surface area contributed by atoms with Crippen molar-refractivity contribution in [3.63, 3.8) is 0 Å². The molecule has 4 rings (SSSR count). The molecule has 0 aliphatic heterocycles. The Labute approximate surface area is 171 Å². The molecule has 2 aliphatic rings. The molecular formula is C19H26Cl2N4O2. The highest BCUT2D eigenvalue weighted by molar-refractivity contribution is 6.06. The first kappa shape index (κ1) is 21.5. The zero-order chi connectivity index (χ0) is 17.4. The number of aromatic nitrogens is 2. The molecule has 2 aliphatic carbocycles. The Morgan fingerprint density at radius 2 is 2.11 bits per heavy atom. The Morgan fingerprint density at radius 3 is 2.74 bits per heavy atom. The van der Waals surface area contributed by atoms with Gasteiger partial charge in [0.2, 0.25) is 0 Å². The van der Waals surface area contributed by atoms with Crippen LogP contribution in [0, 0.1) is 5.92 Å². The smallest absolute Gasteiger partial charge is 0.259 e. The molecule has 6 nitrogen and oxygen atoms in total. The molecular weight excluding hydrogens is 387 g/mol. The molecule has 0 saturated heterocycles. The van der Waals surface area contributed by atoms with Crippen LogP contribution in [0.25, 0.3) is 0 Å². The van der Waals surface area contributed by atoms with Crippen LogP contribution in [0.5, 0.6) is 5.75 Å². The number of nitrogens with zero attached hydrogens (tertiary/aromatic N) is 2. The van der Waals surface area contributed by atoms with Gasteiger partial charge in [-0.25, -0.2) is 0 Å². The number of nitrogens with one attached hydrogen (secondary N) is 2. The van der Waals surface area contributed by atoms with Crippen LogP contribution in [-0.4, -0.2) is 35.4 Å². The van der Waals surface area contributed by atoms with Gasteiger partial charge >= 0.3 is 0 Å². The lowest BCUT2D eigenvalue weighted by Crippen LogP contribution is -2.20. The molecule has 8 heteroatoms. The summed E-state index contributed by atoms with van der Waals surface area (Å²) in [6, 6.07) is 6.48. The van der Waals surface area contributed by atoms with Crippen LogP contribution >= 0.6 is 24.8 Å². The van der Waals surface area contributed by atoms with Crippen LogP contribution in [0.3, 0.4) is 0 Å². The molecule has 2 saturated carbocycles. The Bertz CT molecular complexity index is 792. The van der Waals surface area contributed by atoms with Gasteiger partial charge in [0.05, 0.1) is 24.6 Å². The highest BCUT2D eigenvalue weighted by Gasteiger charge is 2.39. The van der Waals surface area contributed by atoms with Gasteiger partial charge in [-0.1, -0.05) is 6.07 Å². The van der Waals surface area contributed by atoms with Gasteiger partial charge in [-0.05, 0) is 49.4 Å². The summed E-state index contributed by atoms with van der Waals surface area (Å²) in [7, 11) is 3.41. The molecule has 1 amide bonds. The number of hydrogen-bond donors (Lipinski definition) is 2. The van der Waals surface area contributed by atoms with Gasteiger partial charge < -0.3 is 15.4 Å². The number of ether oxygens (including phenoxy) is 1. The van der Waals surface area contributed by atoms with Crippen molar-refractivity contribution in [1.82, 2.24) is 15.1 Å². The summed E-state index contributed by atoms with van der Waals surface area (Å²) in [4.78, 5) is 12.7. The SMILES string of the molecule is COc1ccc([C@@H]2C[C@H]2NCC2CC2)cc1C(=O)Nc1cnn(C)c1.Cl.Cl. The van der Waals surface area contributed by atoms with E-state index in [4.69, 9.17) is 4.74 Å². The van der Waals surface area contributed by atoms with E-state index in [9.17, 15) is 4.79 Å². The van der Waals surface area contributed by atoms with Crippen LogP contribution < -0.4 is 15.4 Å². The van der Waals surface area contributed by atoms with Gasteiger partial charge in [0, 0.05) is 25.2 Å². The molecule has 2 aromatic rings. The Morgan fingerprint density at radius 1 is 1.33 bits per heavy atom. The summed E-state index contributed by atoms with van der Waals surface area (Å²) in [5.41, 5.74) is 2.44. The molecule has 0 bridgehead atoms. The summed E-state index contributed by atoms with van der Waals surface area (Å²) < 4.78 is 7.04. The van der Waals surface area contributed by atoms with E-state index in [1.807, 2.05) is 19.2 Å². The first-order valence-electron chi connectivity index (χ1n) is 8.85. The zero-order valence-electron chi connectivity index (χ0n) is 15.5. The number of anilines is 1. The van der Waals surface area contributed by atoms with Crippen molar-refractivity contribution in [2.24, 2.45) is 13.0 Å². The summed E-state index contributed by atoms with van der Waals surface area (Å²) in [6.07, 6.45) is 7.28. The fourth-order valence-corrected chi connectivity index (χ4v) is 3.25. The van der Waals surface area contributed by atoms with Crippen LogP contribution in [-0.2, 0) is 7.05 Å². The summed E-state index contributed by atoms with van der Waals surface area (Å²) in [5, 5.41) is 10.6. The van der Waals surface area contributed by atoms with E-state index in [1.54, 1.807) is 24.2 Å². The Hall–Kier alpha value is -1.76. The molecule has 1 aromatic carbocycles. The number of carbonyl (C=O) groups is 1. The quantitative estimate of drug-likeness (QED) is 0.731. The summed E-state index contributed by atoms with van der Waals surface area (Å²) in [6.45, 7) is 1.13. The fraction of sp³-hybridized carbons (Fsp3) is 0.474. The van der Waals surface area contributed by atoms with Crippen molar-refractivity contribution in [2.45, 2.75) is 31.2 Å². The van der Waals surface area contributed by atoms with Crippen LogP contribution in [0.4, 0.5) is 5.69 Å². The lowest BCUT2D eigenvalue weighted by molar-refractivity contribution is 0.102. The second-order valence-corrected chi connectivity index (χ2v) is 7.12. The Balaban J connectivity index is 0.00000131. The third-order valence-corrected chi connectivity index (χ3v) is 5.02. The molecule has 0 spiro atoms. The summed E-state index contributed by atoms with van der Waals surface area (Å²) >= 11 is 0. The van der Waals surface area contributed by atoms with Gasteiger partial charge in [-0.2, -0.15) is 5.10 Å². The number of benzene rings is 1. The van der Waals surface area contributed by atoms with Gasteiger partial charge in [0.15, 0.2) is 0 Å². The number of halogens is 2. The lowest BCUT2D eigenvalue weighted by Gasteiger charge is -2.11. The maximum atomic E-state index is 12.7. The number of rotatable bonds is 7. The van der Waals surface area contributed by atoms with Gasteiger partial charge in [-0.3, -0.25) is 9.48 Å². The highest BCUT2D eigenvalue weighted by Crippen LogP contribution is 2.42. The Kier molecular flexibility index (Phi) is 7.14. The van der Waals surface area contributed by atoms with Crippen molar-refractivity contribution in [1.29, 1.82) is 0 Å². The van der Waals surface area contributed by atoms with E-state index in [1.165, 1.54) is 18.4 Å². The second-order valence-electron chi connectivity index (χ2n) is 7.12. The summed E-state index contributed by atoms with van der Waals surface area (Å²) in [5.74, 6) is 1.80. The van der Waals surface area contributed by atoms with Gasteiger partial charge in [-0.15, -0.1) is 24.8 Å². The standard InChI is InChI=1S/C19H24N4O2.2ClH/c1-23-11-14(10-21-23)22-19(24)16-7-13(5-6-18(16)25-2)15-8-17(15)20-9-12-3-4-12;;/h5-7,10-12,15,17,20H,3-4,8-9H2,1-2H3,(H,22,24);2*1H/t15-,17+;;/m0../s1. The molecule has 2 N–H and O–H groups in total. The van der Waals surface area contributed by atoms with E-state index in [-0.39, 0.29) is 30.7 Å². The lowest BCUT2D eigenvalue weighted by atomic mass is 10.0. The average Bonchev–Trinajstić information content (AvgIpc) is 3.52. The predicted molar refractivity (Wildman–Crippen MR) is 111 cm³/mol. The molecule has 1 heterocycles. The molecule has 2 atom stereocenters. The first-order valence-corrected chi connectivity index (χ1v) is 8.85. The minimum atomic E-state index is -0.171. The molecule has 148 valence electrons. The normalized spacial score (nSPS) is 20.2. The van der Waals surface area contributed by atoms with Crippen LogP contribution in [0.1, 0.15) is 41.1 Å². The first-order chi connectivity index (χ1) is 12.1. The zero-order valence-corrected chi connectivity index (χ0v) is 17.1. The van der Waals surface area contributed by atoms with Crippen molar-refractivity contribution < 1.29 is 9.53 Å². The minimum Gasteiger partial charge on any atom is -0.496 e. The predicted octanol–water partition coefficient (Wildman–Crippen LogP) is 3.38. The van der Waals surface area contributed by atoms with Crippen molar-refractivity contribution in [3.8, 4) is 5.75 Å². The van der Waals surface area contributed by atoms with Crippen molar-refractivity contribution >= 4 is 36.4 Å². The fourth-order valence-electron chi connectivity index (χ4n) is 3.25. The van der Waals surface area contributed by atoms with E-state index in [0.717, 1.165) is 18.9 Å². The average molecular weight is 413 g/mol. The molecule has 1 aromatic heterocycles.